The molecule has 0 aliphatic heterocycles. The number of hydrogen-bond acceptors (Lipinski definition) is 6. The van der Waals surface area contributed by atoms with Crippen molar-refractivity contribution in [1.29, 1.82) is 0 Å². The minimum atomic E-state index is -1.07. The van der Waals surface area contributed by atoms with E-state index in [0.717, 1.165) is 0 Å². The van der Waals surface area contributed by atoms with Crippen molar-refractivity contribution >= 4 is 33.5 Å². The number of carbonyl (C=O) groups is 2. The average molecular weight is 276 g/mol. The zero-order valence-corrected chi connectivity index (χ0v) is 9.88. The maximum absolute atomic E-state index is 10.3. The van der Waals surface area contributed by atoms with Gasteiger partial charge in [0.1, 0.15) is 12.1 Å². The quantitative estimate of drug-likeness (QED) is 0.290. The summed E-state index contributed by atoms with van der Waals surface area (Å²) in [5.41, 5.74) is 10.4. The summed E-state index contributed by atoms with van der Waals surface area (Å²) < 4.78 is 0. The van der Waals surface area contributed by atoms with Crippen LogP contribution in [0.1, 0.15) is 0 Å². The number of hydrogen-bond donors (Lipinski definition) is 4. The van der Waals surface area contributed by atoms with Crippen molar-refractivity contribution in [2.45, 2.75) is 12.1 Å². The molecule has 0 amide bonds. The van der Waals surface area contributed by atoms with E-state index >= 15 is 0 Å². The summed E-state index contributed by atoms with van der Waals surface area (Å²) in [4.78, 5) is 20.5. The van der Waals surface area contributed by atoms with Crippen molar-refractivity contribution in [1.82, 2.24) is 0 Å². The molecule has 0 aliphatic rings. The summed E-state index contributed by atoms with van der Waals surface area (Å²) in [6.07, 6.45) is 0. The molecule has 0 aromatic rings. The van der Waals surface area contributed by atoms with Gasteiger partial charge in [-0.3, -0.25) is 9.59 Å². The molecule has 0 fully saturated rings. The predicted octanol–water partition coefficient (Wildman–Crippen LogP) is -2.46. The fourth-order valence-electron chi connectivity index (χ4n) is 0.385. The highest BCUT2D eigenvalue weighted by atomic mass is 33.1. The third-order valence-electron chi connectivity index (χ3n) is 1.21. The first kappa shape index (κ1) is 20.8. The molecule has 0 aromatic heterocycles. The van der Waals surface area contributed by atoms with E-state index in [1.165, 1.54) is 21.6 Å². The molecule has 0 unspecified atom stereocenters. The van der Waals surface area contributed by atoms with Crippen molar-refractivity contribution < 1.29 is 30.8 Å². The number of rotatable bonds is 7. The smallest absolute Gasteiger partial charge is 0.321 e. The van der Waals surface area contributed by atoms with Gasteiger partial charge in [0.2, 0.25) is 0 Å². The summed E-state index contributed by atoms with van der Waals surface area (Å²) >= 11 is 0. The van der Waals surface area contributed by atoms with E-state index in [2.05, 4.69) is 0 Å². The van der Waals surface area contributed by atoms with Crippen LogP contribution in [0.3, 0.4) is 0 Å². The molecule has 0 saturated carbocycles. The third-order valence-corrected chi connectivity index (χ3v) is 3.69. The molecule has 10 N–H and O–H groups in total. The maximum atomic E-state index is 10.3. The van der Waals surface area contributed by atoms with Crippen molar-refractivity contribution in [3.05, 3.63) is 0 Å². The van der Waals surface area contributed by atoms with Gasteiger partial charge in [-0.1, -0.05) is 21.6 Å². The third kappa shape index (κ3) is 10.0. The van der Waals surface area contributed by atoms with Crippen LogP contribution < -0.4 is 11.5 Å². The van der Waals surface area contributed by atoms with Crippen LogP contribution in [0, 0.1) is 0 Å². The van der Waals surface area contributed by atoms with Crippen LogP contribution in [-0.4, -0.2) is 56.7 Å². The van der Waals surface area contributed by atoms with Gasteiger partial charge in [-0.15, -0.1) is 0 Å². The van der Waals surface area contributed by atoms with Gasteiger partial charge in [0.25, 0.3) is 0 Å². The van der Waals surface area contributed by atoms with E-state index in [-0.39, 0.29) is 22.5 Å². The van der Waals surface area contributed by atoms with E-state index in [0.29, 0.717) is 0 Å². The highest BCUT2D eigenvalue weighted by Gasteiger charge is 2.14. The van der Waals surface area contributed by atoms with E-state index < -0.39 is 24.0 Å². The molecule has 10 heteroatoms. The normalized spacial score (nSPS) is 12.9. The number of nitrogens with two attached hydrogens (primary N) is 2. The molecule has 98 valence electrons. The second-order valence-corrected chi connectivity index (χ2v) is 5.01. The number of aliphatic carboxylic acids is 2. The topological polar surface area (TPSA) is 190 Å². The second-order valence-electron chi connectivity index (χ2n) is 2.46. The predicted molar refractivity (Wildman–Crippen MR) is 63.4 cm³/mol. The Morgan fingerprint density at radius 2 is 1.19 bits per heavy atom. The summed E-state index contributed by atoms with van der Waals surface area (Å²) in [5, 5.41) is 16.8. The molecule has 2 atom stereocenters. The molecule has 0 heterocycles. The molecule has 0 saturated heterocycles. The molecule has 0 aliphatic carbocycles. The summed E-state index contributed by atoms with van der Waals surface area (Å²) in [7, 11) is 2.41. The van der Waals surface area contributed by atoms with E-state index in [4.69, 9.17) is 21.7 Å². The van der Waals surface area contributed by atoms with Gasteiger partial charge in [0.05, 0.1) is 0 Å². The van der Waals surface area contributed by atoms with Gasteiger partial charge < -0.3 is 32.6 Å². The summed E-state index contributed by atoms with van der Waals surface area (Å²) in [6, 6.07) is -1.85. The highest BCUT2D eigenvalue weighted by Crippen LogP contribution is 2.22. The lowest BCUT2D eigenvalue weighted by molar-refractivity contribution is -0.138. The molecular weight excluding hydrogens is 260 g/mol. The lowest BCUT2D eigenvalue weighted by atomic mass is 10.4. The minimum absolute atomic E-state index is 0. The Balaban J connectivity index is -0.000000845. The molecule has 0 aromatic carbocycles. The molecule has 0 spiro atoms. The van der Waals surface area contributed by atoms with Gasteiger partial charge in [-0.05, 0) is 0 Å². The van der Waals surface area contributed by atoms with Crippen molar-refractivity contribution in [2.24, 2.45) is 11.5 Å². The first-order valence-electron chi connectivity index (χ1n) is 3.66. The fraction of sp³-hybridized carbons (Fsp3) is 0.667. The Morgan fingerprint density at radius 1 is 0.938 bits per heavy atom. The van der Waals surface area contributed by atoms with Crippen LogP contribution in [0.5, 0.6) is 0 Å². The van der Waals surface area contributed by atoms with E-state index in [1.54, 1.807) is 0 Å². The number of carboxylic acid groups (broad SMARTS) is 2. The molecular formula is C6H16N2O6S2. The zero-order chi connectivity index (χ0) is 11.1. The largest absolute Gasteiger partial charge is 0.480 e. The zero-order valence-electron chi connectivity index (χ0n) is 8.25. The Hall–Kier alpha value is -0.520. The van der Waals surface area contributed by atoms with Crippen LogP contribution >= 0.6 is 21.6 Å². The Bertz CT molecular complexity index is 195. The second kappa shape index (κ2) is 11.0. The average Bonchev–Trinajstić information content (AvgIpc) is 2.11. The van der Waals surface area contributed by atoms with E-state index in [1.807, 2.05) is 0 Å². The summed E-state index contributed by atoms with van der Waals surface area (Å²) in [6.45, 7) is 0. The first-order chi connectivity index (χ1) is 6.45. The van der Waals surface area contributed by atoms with Gasteiger partial charge in [-0.2, -0.15) is 0 Å². The van der Waals surface area contributed by atoms with Crippen LogP contribution in [0.2, 0.25) is 0 Å². The standard InChI is InChI=1S/C6H12N2O4S2.2H2O/c7-3(5(9)10)1-13-14-2-4(8)6(11)12;;/h3-4H,1-2,7-8H2,(H,9,10)(H,11,12);2*1H2/t3-,4+;;. The lowest BCUT2D eigenvalue weighted by Gasteiger charge is -2.07. The molecule has 8 nitrogen and oxygen atoms in total. The van der Waals surface area contributed by atoms with Gasteiger partial charge in [0, 0.05) is 11.5 Å². The van der Waals surface area contributed by atoms with Crippen molar-refractivity contribution in [3.8, 4) is 0 Å². The van der Waals surface area contributed by atoms with Crippen LogP contribution in [0.25, 0.3) is 0 Å². The highest BCUT2D eigenvalue weighted by molar-refractivity contribution is 8.76. The minimum Gasteiger partial charge on any atom is -0.480 e. The van der Waals surface area contributed by atoms with Gasteiger partial charge in [0.15, 0.2) is 0 Å². The number of carboxylic acids is 2. The van der Waals surface area contributed by atoms with Crippen LogP contribution in [-0.2, 0) is 9.59 Å². The van der Waals surface area contributed by atoms with Crippen molar-refractivity contribution in [3.63, 3.8) is 0 Å². The van der Waals surface area contributed by atoms with Crippen molar-refractivity contribution in [2.75, 3.05) is 11.5 Å². The monoisotopic (exact) mass is 276 g/mol. The Morgan fingerprint density at radius 3 is 1.38 bits per heavy atom. The molecule has 16 heavy (non-hydrogen) atoms. The SMILES string of the molecule is N[C@H](CSSC[C@H](N)C(=O)O)C(=O)O.O.O. The van der Waals surface area contributed by atoms with E-state index in [9.17, 15) is 9.59 Å². The van der Waals surface area contributed by atoms with Crippen LogP contribution in [0.4, 0.5) is 0 Å². The molecule has 0 bridgehead atoms. The fourth-order valence-corrected chi connectivity index (χ4v) is 2.61. The first-order valence-corrected chi connectivity index (χ1v) is 6.15. The summed E-state index contributed by atoms with van der Waals surface area (Å²) in [5.74, 6) is -1.68. The van der Waals surface area contributed by atoms with Gasteiger partial charge in [-0.25, -0.2) is 0 Å². The van der Waals surface area contributed by atoms with Gasteiger partial charge >= 0.3 is 11.9 Å². The maximum Gasteiger partial charge on any atom is 0.321 e. The Labute approximate surface area is 99.8 Å². The molecule has 0 rings (SSSR count). The Kier molecular flexibility index (Phi) is 14.3. The lowest BCUT2D eigenvalue weighted by Crippen LogP contribution is -2.33. The molecule has 0 radical (unpaired) electrons. The van der Waals surface area contributed by atoms with Crippen LogP contribution in [0.15, 0.2) is 0 Å².